The summed E-state index contributed by atoms with van der Waals surface area (Å²) in [6.07, 6.45) is 6.75. The van der Waals surface area contributed by atoms with E-state index in [-0.39, 0.29) is 0 Å². The maximum atomic E-state index is 4.41. The largest absolute Gasteiger partial charge is 0.347 e. The van der Waals surface area contributed by atoms with Crippen molar-refractivity contribution in [1.82, 2.24) is 15.0 Å². The first-order valence-electron chi connectivity index (χ1n) is 6.51. The van der Waals surface area contributed by atoms with Crippen LogP contribution in [-0.2, 0) is 0 Å². The van der Waals surface area contributed by atoms with Gasteiger partial charge < -0.3 is 9.80 Å². The van der Waals surface area contributed by atoms with Gasteiger partial charge in [-0.05, 0) is 12.5 Å². The van der Waals surface area contributed by atoms with Crippen molar-refractivity contribution in [2.45, 2.75) is 6.42 Å². The second-order valence-electron chi connectivity index (χ2n) is 5.39. The third-order valence-electron chi connectivity index (χ3n) is 4.02. The van der Waals surface area contributed by atoms with E-state index in [9.17, 15) is 0 Å². The van der Waals surface area contributed by atoms with Gasteiger partial charge in [-0.3, -0.25) is 0 Å². The molecule has 0 aromatic carbocycles. The fraction of sp³-hybridized carbons (Fsp3) is 0.462. The molecule has 2 fully saturated rings. The number of hydrogen-bond acceptors (Lipinski definition) is 6. The number of hydrogen-bond donors (Lipinski definition) is 0. The molecule has 2 aliphatic rings. The molecule has 0 unspecified atom stereocenters. The maximum Gasteiger partial charge on any atom is 0.225 e. The molecule has 2 aliphatic heterocycles. The minimum Gasteiger partial charge on any atom is -0.347 e. The summed E-state index contributed by atoms with van der Waals surface area (Å²) in [6.45, 7) is 4.37. The fourth-order valence-electron chi connectivity index (χ4n) is 3.09. The molecule has 0 amide bonds. The summed E-state index contributed by atoms with van der Waals surface area (Å²) in [5, 5.41) is 3.21. The number of rotatable bonds is 2. The van der Waals surface area contributed by atoms with Crippen LogP contribution in [0.1, 0.15) is 6.42 Å². The van der Waals surface area contributed by atoms with E-state index in [1.807, 2.05) is 30.0 Å². The van der Waals surface area contributed by atoms with Crippen LogP contribution in [0.15, 0.2) is 30.0 Å². The molecule has 1 spiro atoms. The van der Waals surface area contributed by atoms with Crippen molar-refractivity contribution in [1.29, 1.82) is 0 Å². The second-order valence-corrected chi connectivity index (χ2v) is 6.26. The molecule has 98 valence electrons. The number of nitrogens with zero attached hydrogens (tertiary/aromatic N) is 5. The molecule has 0 aliphatic carbocycles. The van der Waals surface area contributed by atoms with Gasteiger partial charge in [0.05, 0.1) is 0 Å². The Balaban J connectivity index is 1.43. The molecule has 2 aromatic heterocycles. The van der Waals surface area contributed by atoms with Crippen LogP contribution in [0.4, 0.5) is 11.1 Å². The van der Waals surface area contributed by atoms with E-state index in [0.29, 0.717) is 5.41 Å². The summed E-state index contributed by atoms with van der Waals surface area (Å²) in [4.78, 5) is 17.7. The highest BCUT2D eigenvalue weighted by atomic mass is 32.1. The standard InChI is InChI=1S/C13H15N5S/c1-3-14-11(15-4-1)18-9-13(10-18)2-6-17(8-13)12-16-5-7-19-12/h1,3-5,7H,2,6,8-10H2. The van der Waals surface area contributed by atoms with Crippen molar-refractivity contribution in [2.24, 2.45) is 5.41 Å². The highest BCUT2D eigenvalue weighted by Gasteiger charge is 2.48. The summed E-state index contributed by atoms with van der Waals surface area (Å²) in [5.41, 5.74) is 0.421. The van der Waals surface area contributed by atoms with E-state index in [0.717, 1.165) is 37.3 Å². The van der Waals surface area contributed by atoms with Crippen LogP contribution < -0.4 is 9.80 Å². The van der Waals surface area contributed by atoms with Gasteiger partial charge in [-0.25, -0.2) is 15.0 Å². The zero-order valence-electron chi connectivity index (χ0n) is 10.6. The Bertz CT molecular complexity index is 550. The molecule has 0 saturated carbocycles. The smallest absolute Gasteiger partial charge is 0.225 e. The third kappa shape index (κ3) is 1.87. The van der Waals surface area contributed by atoms with Crippen LogP contribution in [0, 0.1) is 5.41 Å². The average molecular weight is 273 g/mol. The van der Waals surface area contributed by atoms with Crippen molar-refractivity contribution < 1.29 is 0 Å². The van der Waals surface area contributed by atoms with Crippen LogP contribution in [0.5, 0.6) is 0 Å². The van der Waals surface area contributed by atoms with E-state index in [1.165, 1.54) is 6.42 Å². The van der Waals surface area contributed by atoms with Gasteiger partial charge in [0.25, 0.3) is 0 Å². The molecule has 5 nitrogen and oxygen atoms in total. The quantitative estimate of drug-likeness (QED) is 0.832. The van der Waals surface area contributed by atoms with Crippen LogP contribution >= 0.6 is 11.3 Å². The zero-order valence-corrected chi connectivity index (χ0v) is 11.4. The first kappa shape index (κ1) is 11.2. The zero-order chi connectivity index (χ0) is 12.7. The molecular weight excluding hydrogens is 258 g/mol. The molecule has 0 N–H and O–H groups in total. The van der Waals surface area contributed by atoms with Gasteiger partial charge in [-0.1, -0.05) is 0 Å². The van der Waals surface area contributed by atoms with Crippen molar-refractivity contribution >= 4 is 22.4 Å². The highest BCUT2D eigenvalue weighted by molar-refractivity contribution is 7.13. The number of anilines is 2. The predicted octanol–water partition coefficient (Wildman–Crippen LogP) is 1.65. The molecular formula is C13H15N5S. The van der Waals surface area contributed by atoms with Gasteiger partial charge in [0, 0.05) is 55.6 Å². The van der Waals surface area contributed by atoms with Crippen LogP contribution in [0.3, 0.4) is 0 Å². The van der Waals surface area contributed by atoms with Crippen molar-refractivity contribution in [3.05, 3.63) is 30.0 Å². The Morgan fingerprint density at radius 3 is 2.53 bits per heavy atom. The Morgan fingerprint density at radius 1 is 1.00 bits per heavy atom. The Kier molecular flexibility index (Phi) is 2.44. The van der Waals surface area contributed by atoms with Gasteiger partial charge in [0.15, 0.2) is 5.13 Å². The lowest BCUT2D eigenvalue weighted by Crippen LogP contribution is -2.58. The molecule has 4 rings (SSSR count). The molecule has 2 saturated heterocycles. The normalized spacial score (nSPS) is 20.8. The molecule has 19 heavy (non-hydrogen) atoms. The lowest BCUT2D eigenvalue weighted by atomic mass is 9.79. The molecule has 0 radical (unpaired) electrons. The maximum absolute atomic E-state index is 4.41. The molecule has 2 aromatic rings. The predicted molar refractivity (Wildman–Crippen MR) is 75.6 cm³/mol. The summed E-state index contributed by atoms with van der Waals surface area (Å²) in [7, 11) is 0. The molecule has 4 heterocycles. The summed E-state index contributed by atoms with van der Waals surface area (Å²) < 4.78 is 0. The van der Waals surface area contributed by atoms with E-state index in [4.69, 9.17) is 0 Å². The van der Waals surface area contributed by atoms with Crippen molar-refractivity contribution in [2.75, 3.05) is 36.0 Å². The van der Waals surface area contributed by atoms with Gasteiger partial charge in [0.2, 0.25) is 5.95 Å². The van der Waals surface area contributed by atoms with Crippen molar-refractivity contribution in [3.8, 4) is 0 Å². The summed E-state index contributed by atoms with van der Waals surface area (Å²) >= 11 is 1.73. The Hall–Kier alpha value is -1.69. The molecule has 6 heteroatoms. The SMILES string of the molecule is c1cnc(N2CC3(CCN(c4nccs4)C3)C2)nc1. The fourth-order valence-corrected chi connectivity index (χ4v) is 3.76. The topological polar surface area (TPSA) is 45.2 Å². The molecule has 0 bridgehead atoms. The van der Waals surface area contributed by atoms with Gasteiger partial charge >= 0.3 is 0 Å². The summed E-state index contributed by atoms with van der Waals surface area (Å²) in [6, 6.07) is 1.86. The second kappa shape index (κ2) is 4.16. The lowest BCUT2D eigenvalue weighted by molar-refractivity contribution is 0.243. The summed E-state index contributed by atoms with van der Waals surface area (Å²) in [5.74, 6) is 0.862. The highest BCUT2D eigenvalue weighted by Crippen LogP contribution is 2.42. The Labute approximate surface area is 115 Å². The first-order valence-corrected chi connectivity index (χ1v) is 7.39. The van der Waals surface area contributed by atoms with Crippen molar-refractivity contribution in [3.63, 3.8) is 0 Å². The van der Waals surface area contributed by atoms with Crippen LogP contribution in [-0.4, -0.2) is 41.1 Å². The average Bonchev–Trinajstić information content (AvgIpc) is 3.07. The minimum absolute atomic E-state index is 0.421. The number of thiazole rings is 1. The lowest BCUT2D eigenvalue weighted by Gasteiger charge is -2.47. The number of aromatic nitrogens is 3. The van der Waals surface area contributed by atoms with Crippen LogP contribution in [0.2, 0.25) is 0 Å². The first-order chi connectivity index (χ1) is 9.35. The monoisotopic (exact) mass is 273 g/mol. The van der Waals surface area contributed by atoms with Gasteiger partial charge in [-0.2, -0.15) is 0 Å². The third-order valence-corrected chi connectivity index (χ3v) is 4.85. The Morgan fingerprint density at radius 2 is 1.79 bits per heavy atom. The minimum atomic E-state index is 0.421. The van der Waals surface area contributed by atoms with E-state index in [2.05, 4.69) is 24.8 Å². The van der Waals surface area contributed by atoms with E-state index < -0.39 is 0 Å². The van der Waals surface area contributed by atoms with Crippen LogP contribution in [0.25, 0.3) is 0 Å². The van der Waals surface area contributed by atoms with E-state index in [1.54, 1.807) is 11.3 Å². The molecule has 0 atom stereocenters. The van der Waals surface area contributed by atoms with Gasteiger partial charge in [0.1, 0.15) is 0 Å². The van der Waals surface area contributed by atoms with E-state index >= 15 is 0 Å². The van der Waals surface area contributed by atoms with Gasteiger partial charge in [-0.15, -0.1) is 11.3 Å².